The summed E-state index contributed by atoms with van der Waals surface area (Å²) in [5.74, 6) is 0.847. The Morgan fingerprint density at radius 1 is 1.14 bits per heavy atom. The lowest BCUT2D eigenvalue weighted by atomic mass is 10.1. The van der Waals surface area contributed by atoms with Gasteiger partial charge in [-0.05, 0) is 24.8 Å². The van der Waals surface area contributed by atoms with E-state index in [2.05, 4.69) is 23.8 Å². The van der Waals surface area contributed by atoms with Crippen molar-refractivity contribution in [3.05, 3.63) is 52.4 Å². The summed E-state index contributed by atoms with van der Waals surface area (Å²) in [5.41, 5.74) is 2.12. The Morgan fingerprint density at radius 3 is 2.41 bits per heavy atom. The summed E-state index contributed by atoms with van der Waals surface area (Å²) in [5, 5.41) is 9.98. The predicted molar refractivity (Wildman–Crippen MR) is 87.0 cm³/mol. The summed E-state index contributed by atoms with van der Waals surface area (Å²) in [7, 11) is 0. The molecule has 5 heteroatoms. The number of ether oxygens (including phenoxy) is 1. The van der Waals surface area contributed by atoms with Gasteiger partial charge < -0.3 is 9.84 Å². The molecule has 2 rings (SSSR count). The van der Waals surface area contributed by atoms with Crippen LogP contribution in [0, 0.1) is 5.92 Å². The average Bonchev–Trinajstić information content (AvgIpc) is 2.46. The van der Waals surface area contributed by atoms with Crippen molar-refractivity contribution in [3.63, 3.8) is 0 Å². The van der Waals surface area contributed by atoms with E-state index in [1.165, 1.54) is 0 Å². The van der Waals surface area contributed by atoms with E-state index < -0.39 is 6.10 Å². The molecule has 1 aromatic heterocycles. The zero-order chi connectivity index (χ0) is 16.1. The molecule has 1 N–H and O–H groups in total. The number of hydrogen-bond donors (Lipinski definition) is 1. The van der Waals surface area contributed by atoms with Crippen LogP contribution in [0.2, 0.25) is 5.15 Å². The lowest BCUT2D eigenvalue weighted by Crippen LogP contribution is -2.09. The number of hydrogen-bond acceptors (Lipinski definition) is 4. The van der Waals surface area contributed by atoms with Crippen LogP contribution in [0.5, 0.6) is 5.88 Å². The van der Waals surface area contributed by atoms with Gasteiger partial charge in [-0.15, -0.1) is 0 Å². The van der Waals surface area contributed by atoms with Crippen LogP contribution in [-0.2, 0) is 13.0 Å². The lowest BCUT2D eigenvalue weighted by Gasteiger charge is -2.15. The molecule has 1 unspecified atom stereocenters. The Morgan fingerprint density at radius 2 is 1.82 bits per heavy atom. The van der Waals surface area contributed by atoms with Crippen LogP contribution in [0.4, 0.5) is 0 Å². The first-order valence-electron chi connectivity index (χ1n) is 7.38. The molecule has 4 nitrogen and oxygen atoms in total. The summed E-state index contributed by atoms with van der Waals surface area (Å²) in [4.78, 5) is 8.74. The van der Waals surface area contributed by atoms with Gasteiger partial charge >= 0.3 is 0 Å². The van der Waals surface area contributed by atoms with E-state index >= 15 is 0 Å². The Bertz CT molecular complexity index is 616. The molecule has 1 heterocycles. The molecule has 0 aliphatic heterocycles. The Kier molecular flexibility index (Phi) is 5.75. The average molecular weight is 321 g/mol. The molecular weight excluding hydrogens is 300 g/mol. The molecule has 0 amide bonds. The molecular formula is C17H21ClN2O2. The minimum absolute atomic E-state index is 0.234. The van der Waals surface area contributed by atoms with Gasteiger partial charge in [0.05, 0.1) is 6.10 Å². The molecule has 118 valence electrons. The lowest BCUT2D eigenvalue weighted by molar-refractivity contribution is 0.190. The third-order valence-corrected chi connectivity index (χ3v) is 3.41. The van der Waals surface area contributed by atoms with Crippen LogP contribution in [-0.4, -0.2) is 15.1 Å². The van der Waals surface area contributed by atoms with Crippen LogP contribution in [0.3, 0.4) is 0 Å². The van der Waals surface area contributed by atoms with E-state index in [1.807, 2.05) is 30.3 Å². The number of halogens is 1. The van der Waals surface area contributed by atoms with Crippen LogP contribution >= 0.6 is 11.6 Å². The van der Waals surface area contributed by atoms with Crippen molar-refractivity contribution < 1.29 is 9.84 Å². The van der Waals surface area contributed by atoms with Crippen LogP contribution in [0.15, 0.2) is 30.3 Å². The minimum atomic E-state index is -0.785. The van der Waals surface area contributed by atoms with Gasteiger partial charge in [-0.1, -0.05) is 55.8 Å². The first-order valence-corrected chi connectivity index (χ1v) is 7.76. The van der Waals surface area contributed by atoms with Gasteiger partial charge in [-0.3, -0.25) is 0 Å². The molecule has 0 bridgehead atoms. The smallest absolute Gasteiger partial charge is 0.236 e. The van der Waals surface area contributed by atoms with Gasteiger partial charge in [0, 0.05) is 0 Å². The van der Waals surface area contributed by atoms with Crippen molar-refractivity contribution in [1.29, 1.82) is 0 Å². The second kappa shape index (κ2) is 7.56. The Hall–Kier alpha value is -1.65. The van der Waals surface area contributed by atoms with Crippen molar-refractivity contribution in [2.75, 3.05) is 0 Å². The van der Waals surface area contributed by atoms with E-state index in [4.69, 9.17) is 16.3 Å². The second-order valence-corrected chi connectivity index (χ2v) is 6.06. The summed E-state index contributed by atoms with van der Waals surface area (Å²) >= 11 is 6.11. The van der Waals surface area contributed by atoms with E-state index in [0.717, 1.165) is 17.7 Å². The van der Waals surface area contributed by atoms with Gasteiger partial charge in [-0.2, -0.15) is 0 Å². The highest BCUT2D eigenvalue weighted by Crippen LogP contribution is 2.26. The molecule has 0 saturated carbocycles. The quantitative estimate of drug-likeness (QED) is 0.875. The third-order valence-electron chi connectivity index (χ3n) is 3.13. The second-order valence-electron chi connectivity index (χ2n) is 5.70. The fourth-order valence-corrected chi connectivity index (χ4v) is 2.37. The minimum Gasteiger partial charge on any atom is -0.471 e. The molecule has 1 aromatic carbocycles. The number of rotatable bonds is 6. The van der Waals surface area contributed by atoms with E-state index in [0.29, 0.717) is 24.1 Å². The van der Waals surface area contributed by atoms with Crippen molar-refractivity contribution in [2.24, 2.45) is 5.92 Å². The first kappa shape index (κ1) is 16.7. The van der Waals surface area contributed by atoms with Crippen molar-refractivity contribution in [1.82, 2.24) is 9.97 Å². The standard InChI is InChI=1S/C17H21ClN2O2/c1-11(2)9-14-17(20-15(12(3)21)16(18)19-14)22-10-13-7-5-4-6-8-13/h4-8,11-12,21H,9-10H2,1-3H3. The molecule has 22 heavy (non-hydrogen) atoms. The fourth-order valence-electron chi connectivity index (χ4n) is 2.07. The number of aliphatic hydroxyl groups is 1. The summed E-state index contributed by atoms with van der Waals surface area (Å²) in [6, 6.07) is 9.86. The molecule has 0 radical (unpaired) electrons. The summed E-state index contributed by atoms with van der Waals surface area (Å²) in [6.45, 7) is 6.21. The molecule has 2 aromatic rings. The molecule has 0 fully saturated rings. The van der Waals surface area contributed by atoms with Gasteiger partial charge in [0.15, 0.2) is 5.15 Å². The van der Waals surface area contributed by atoms with Crippen molar-refractivity contribution in [3.8, 4) is 5.88 Å². The van der Waals surface area contributed by atoms with E-state index in [1.54, 1.807) is 6.92 Å². The number of aliphatic hydroxyl groups excluding tert-OH is 1. The monoisotopic (exact) mass is 320 g/mol. The Balaban J connectivity index is 2.27. The highest BCUT2D eigenvalue weighted by Gasteiger charge is 2.17. The number of benzene rings is 1. The van der Waals surface area contributed by atoms with E-state index in [9.17, 15) is 5.11 Å². The van der Waals surface area contributed by atoms with Crippen LogP contribution in [0.25, 0.3) is 0 Å². The molecule has 0 aliphatic carbocycles. The largest absolute Gasteiger partial charge is 0.471 e. The zero-order valence-corrected chi connectivity index (χ0v) is 13.8. The zero-order valence-electron chi connectivity index (χ0n) is 13.1. The maximum Gasteiger partial charge on any atom is 0.236 e. The number of nitrogens with zero attached hydrogens (tertiary/aromatic N) is 2. The molecule has 1 atom stereocenters. The van der Waals surface area contributed by atoms with Crippen molar-refractivity contribution >= 4 is 11.6 Å². The maximum absolute atomic E-state index is 9.74. The molecule has 0 spiro atoms. The van der Waals surface area contributed by atoms with E-state index in [-0.39, 0.29) is 5.15 Å². The van der Waals surface area contributed by atoms with Crippen LogP contribution < -0.4 is 4.74 Å². The maximum atomic E-state index is 9.74. The summed E-state index contributed by atoms with van der Waals surface area (Å²) < 4.78 is 5.83. The normalized spacial score (nSPS) is 12.5. The van der Waals surface area contributed by atoms with Gasteiger partial charge in [0.1, 0.15) is 18.0 Å². The SMILES string of the molecule is CC(C)Cc1nc(Cl)c(C(C)O)nc1OCc1ccccc1. The highest BCUT2D eigenvalue weighted by molar-refractivity contribution is 6.30. The summed E-state index contributed by atoms with van der Waals surface area (Å²) in [6.07, 6.45) is -0.0658. The predicted octanol–water partition coefficient (Wildman–Crippen LogP) is 3.96. The van der Waals surface area contributed by atoms with Crippen LogP contribution in [0.1, 0.15) is 43.8 Å². The Labute approximate surface area is 136 Å². The van der Waals surface area contributed by atoms with Crippen molar-refractivity contribution in [2.45, 2.75) is 39.9 Å². The van der Waals surface area contributed by atoms with Gasteiger partial charge in [0.2, 0.25) is 5.88 Å². The highest BCUT2D eigenvalue weighted by atomic mass is 35.5. The van der Waals surface area contributed by atoms with Gasteiger partial charge in [-0.25, -0.2) is 9.97 Å². The van der Waals surface area contributed by atoms with Gasteiger partial charge in [0.25, 0.3) is 0 Å². The molecule has 0 aliphatic rings. The topological polar surface area (TPSA) is 55.2 Å². The fraction of sp³-hybridized carbons (Fsp3) is 0.412. The first-order chi connectivity index (χ1) is 10.5. The molecule has 0 saturated heterocycles. The number of aromatic nitrogens is 2. The third kappa shape index (κ3) is 4.42.